The maximum absolute atomic E-state index is 11.9. The maximum atomic E-state index is 11.9. The number of thioether (sulfide) groups is 1. The van der Waals surface area contributed by atoms with E-state index in [1.807, 2.05) is 25.1 Å². The van der Waals surface area contributed by atoms with Crippen LogP contribution in [0.5, 0.6) is 0 Å². The van der Waals surface area contributed by atoms with E-state index in [1.165, 1.54) is 11.8 Å². The van der Waals surface area contributed by atoms with Gasteiger partial charge >= 0.3 is 0 Å². The van der Waals surface area contributed by atoms with Crippen molar-refractivity contribution in [1.82, 2.24) is 5.32 Å². The first-order valence-corrected chi connectivity index (χ1v) is 6.70. The monoisotopic (exact) mass is 271 g/mol. The molecular weight excluding hydrogens is 258 g/mol. The van der Waals surface area contributed by atoms with Crippen LogP contribution in [0.1, 0.15) is 17.3 Å². The molecule has 19 heavy (non-hydrogen) atoms. The second kappa shape index (κ2) is 7.97. The molecule has 0 aliphatic carbocycles. The Hall–Kier alpha value is -2.24. The van der Waals surface area contributed by atoms with Gasteiger partial charge in [0.05, 0.1) is 10.8 Å². The number of ketones is 1. The first-order valence-electron chi connectivity index (χ1n) is 5.72. The standard InChI is InChI=1S/C14H13N3OS/c1-2-17-14(12(8-15)9-16)19-10-13(18)11-6-4-3-5-7-11/h3-7,17H,2,10H2,1H3. The van der Waals surface area contributed by atoms with Gasteiger partial charge in [0.25, 0.3) is 0 Å². The van der Waals surface area contributed by atoms with E-state index in [4.69, 9.17) is 10.5 Å². The fraction of sp³-hybridized carbons (Fsp3) is 0.214. The number of hydrogen-bond donors (Lipinski definition) is 1. The molecule has 0 saturated carbocycles. The Labute approximate surface area is 116 Å². The number of nitrogens with one attached hydrogen (secondary N) is 1. The minimum atomic E-state index is -0.0313. The molecule has 0 unspecified atom stereocenters. The Morgan fingerprint density at radius 1 is 1.26 bits per heavy atom. The average Bonchev–Trinajstić information content (AvgIpc) is 2.46. The molecule has 0 aromatic heterocycles. The molecule has 1 rings (SSSR count). The Morgan fingerprint density at radius 2 is 1.89 bits per heavy atom. The molecule has 0 atom stereocenters. The van der Waals surface area contributed by atoms with E-state index in [2.05, 4.69) is 5.32 Å². The lowest BCUT2D eigenvalue weighted by Gasteiger charge is -2.08. The van der Waals surface area contributed by atoms with E-state index < -0.39 is 0 Å². The molecule has 5 heteroatoms. The van der Waals surface area contributed by atoms with Crippen LogP contribution in [0, 0.1) is 22.7 Å². The fourth-order valence-electron chi connectivity index (χ4n) is 1.34. The molecule has 1 aromatic carbocycles. The van der Waals surface area contributed by atoms with Crippen molar-refractivity contribution < 1.29 is 4.79 Å². The van der Waals surface area contributed by atoms with Crippen LogP contribution in [0.25, 0.3) is 0 Å². The fourth-order valence-corrected chi connectivity index (χ4v) is 2.27. The lowest BCUT2D eigenvalue weighted by molar-refractivity contribution is 0.102. The summed E-state index contributed by atoms with van der Waals surface area (Å²) in [5.74, 6) is 0.162. The van der Waals surface area contributed by atoms with Gasteiger partial charge in [-0.1, -0.05) is 42.1 Å². The second-order valence-electron chi connectivity index (χ2n) is 3.54. The molecule has 0 saturated heterocycles. The van der Waals surface area contributed by atoms with E-state index in [1.54, 1.807) is 24.3 Å². The number of nitrogens with zero attached hydrogens (tertiary/aromatic N) is 2. The molecule has 1 aromatic rings. The van der Waals surface area contributed by atoms with E-state index in [9.17, 15) is 4.79 Å². The van der Waals surface area contributed by atoms with Crippen molar-refractivity contribution in [2.75, 3.05) is 12.3 Å². The van der Waals surface area contributed by atoms with Crippen molar-refractivity contribution in [2.24, 2.45) is 0 Å². The van der Waals surface area contributed by atoms with Crippen LogP contribution in [0.3, 0.4) is 0 Å². The number of rotatable bonds is 6. The third kappa shape index (κ3) is 4.50. The zero-order chi connectivity index (χ0) is 14.1. The van der Waals surface area contributed by atoms with Gasteiger partial charge in [0.1, 0.15) is 12.1 Å². The molecule has 0 aliphatic rings. The van der Waals surface area contributed by atoms with Crippen molar-refractivity contribution in [3.05, 3.63) is 46.5 Å². The predicted molar refractivity (Wildman–Crippen MR) is 75.2 cm³/mol. The van der Waals surface area contributed by atoms with Crippen LogP contribution in [-0.2, 0) is 0 Å². The molecule has 0 spiro atoms. The number of nitriles is 2. The van der Waals surface area contributed by atoms with Crippen molar-refractivity contribution in [1.29, 1.82) is 10.5 Å². The lowest BCUT2D eigenvalue weighted by Crippen LogP contribution is -2.14. The average molecular weight is 271 g/mol. The number of hydrogen-bond acceptors (Lipinski definition) is 5. The van der Waals surface area contributed by atoms with Gasteiger partial charge < -0.3 is 5.32 Å². The van der Waals surface area contributed by atoms with E-state index >= 15 is 0 Å². The topological polar surface area (TPSA) is 76.7 Å². The Balaban J connectivity index is 2.74. The molecular formula is C14H13N3OS. The summed E-state index contributed by atoms with van der Waals surface area (Å²) >= 11 is 1.18. The van der Waals surface area contributed by atoms with Crippen LogP contribution >= 0.6 is 11.8 Å². The Bertz CT molecular complexity index is 536. The summed E-state index contributed by atoms with van der Waals surface area (Å²) < 4.78 is 0. The van der Waals surface area contributed by atoms with Crippen LogP contribution < -0.4 is 5.32 Å². The second-order valence-corrected chi connectivity index (χ2v) is 4.52. The first-order chi connectivity index (χ1) is 9.22. The van der Waals surface area contributed by atoms with Crippen molar-refractivity contribution in [3.63, 3.8) is 0 Å². The highest BCUT2D eigenvalue weighted by Gasteiger charge is 2.10. The molecule has 0 fully saturated rings. The SMILES string of the molecule is CCNC(SCC(=O)c1ccccc1)=C(C#N)C#N. The third-order valence-corrected chi connectivity index (χ3v) is 3.28. The quantitative estimate of drug-likeness (QED) is 0.635. The molecule has 0 heterocycles. The van der Waals surface area contributed by atoms with Crippen LogP contribution in [0.15, 0.2) is 40.9 Å². The summed E-state index contributed by atoms with van der Waals surface area (Å²) in [6.07, 6.45) is 0. The number of benzene rings is 1. The number of allylic oxidation sites excluding steroid dienone is 1. The summed E-state index contributed by atoms with van der Waals surface area (Å²) in [5, 5.41) is 21.1. The molecule has 0 radical (unpaired) electrons. The maximum Gasteiger partial charge on any atom is 0.173 e. The third-order valence-electron chi connectivity index (χ3n) is 2.23. The van der Waals surface area contributed by atoms with Crippen LogP contribution in [0.4, 0.5) is 0 Å². The van der Waals surface area contributed by atoms with E-state index in [0.29, 0.717) is 17.1 Å². The van der Waals surface area contributed by atoms with Crippen molar-refractivity contribution >= 4 is 17.5 Å². The first kappa shape index (κ1) is 14.8. The number of carbonyl (C=O) groups is 1. The van der Waals surface area contributed by atoms with Crippen molar-refractivity contribution in [3.8, 4) is 12.1 Å². The summed E-state index contributed by atoms with van der Waals surface area (Å²) in [4.78, 5) is 11.9. The summed E-state index contributed by atoms with van der Waals surface area (Å²) in [5.41, 5.74) is 0.633. The smallest absolute Gasteiger partial charge is 0.173 e. The zero-order valence-corrected chi connectivity index (χ0v) is 11.3. The van der Waals surface area contributed by atoms with Crippen LogP contribution in [0.2, 0.25) is 0 Å². The molecule has 0 bridgehead atoms. The summed E-state index contributed by atoms with van der Waals surface area (Å²) in [6, 6.07) is 12.6. The van der Waals surface area contributed by atoms with Crippen LogP contribution in [-0.4, -0.2) is 18.1 Å². The molecule has 0 amide bonds. The lowest BCUT2D eigenvalue weighted by atomic mass is 10.2. The van der Waals surface area contributed by atoms with Gasteiger partial charge in [0.15, 0.2) is 11.4 Å². The van der Waals surface area contributed by atoms with Gasteiger partial charge in [0, 0.05) is 12.1 Å². The van der Waals surface area contributed by atoms with Gasteiger partial charge in [-0.25, -0.2) is 0 Å². The highest BCUT2D eigenvalue weighted by Crippen LogP contribution is 2.18. The normalized spacial score (nSPS) is 9.00. The largest absolute Gasteiger partial charge is 0.378 e. The zero-order valence-electron chi connectivity index (χ0n) is 10.5. The highest BCUT2D eigenvalue weighted by molar-refractivity contribution is 8.03. The van der Waals surface area contributed by atoms with Gasteiger partial charge in [0.2, 0.25) is 0 Å². The van der Waals surface area contributed by atoms with Gasteiger partial charge in [-0.2, -0.15) is 10.5 Å². The molecule has 1 N–H and O–H groups in total. The highest BCUT2D eigenvalue weighted by atomic mass is 32.2. The minimum Gasteiger partial charge on any atom is -0.378 e. The summed E-state index contributed by atoms with van der Waals surface area (Å²) in [6.45, 7) is 2.46. The van der Waals surface area contributed by atoms with Gasteiger partial charge in [-0.05, 0) is 6.92 Å². The Kier molecular flexibility index (Phi) is 6.21. The molecule has 0 aliphatic heterocycles. The van der Waals surface area contributed by atoms with Crippen molar-refractivity contribution in [2.45, 2.75) is 6.92 Å². The molecule has 96 valence electrons. The van der Waals surface area contributed by atoms with E-state index in [-0.39, 0.29) is 17.1 Å². The van der Waals surface area contributed by atoms with E-state index in [0.717, 1.165) is 0 Å². The number of carbonyl (C=O) groups excluding carboxylic acids is 1. The van der Waals surface area contributed by atoms with Gasteiger partial charge in [-0.3, -0.25) is 4.79 Å². The minimum absolute atomic E-state index is 0.00714. The number of Topliss-reactive ketones (excluding diaryl/α,β-unsaturated/α-hetero) is 1. The summed E-state index contributed by atoms with van der Waals surface area (Å²) in [7, 11) is 0. The predicted octanol–water partition coefficient (Wildman–Crippen LogP) is 2.47. The van der Waals surface area contributed by atoms with Gasteiger partial charge in [-0.15, -0.1) is 0 Å². The Morgan fingerprint density at radius 3 is 2.42 bits per heavy atom. The molecule has 4 nitrogen and oxygen atoms in total.